The van der Waals surface area contributed by atoms with E-state index in [-0.39, 0.29) is 0 Å². The average Bonchev–Trinajstić information content (AvgIpc) is 3.19. The van der Waals surface area contributed by atoms with Crippen LogP contribution in [0.2, 0.25) is 0 Å². The molecule has 1 aliphatic heterocycles. The maximum absolute atomic E-state index is 7.54. The van der Waals surface area contributed by atoms with Gasteiger partial charge in [-0.15, -0.1) is 4.37 Å². The molecule has 0 atom stereocenters. The van der Waals surface area contributed by atoms with Gasteiger partial charge in [0, 0.05) is 17.2 Å². The molecule has 0 bridgehead atoms. The minimum Gasteiger partial charge on any atom is -0.475 e. The first kappa shape index (κ1) is 9.88. The molecule has 3 rings (SSSR count). The highest BCUT2D eigenvalue weighted by atomic mass is 32.1. The van der Waals surface area contributed by atoms with Crippen molar-refractivity contribution in [2.45, 2.75) is 32.1 Å². The largest absolute Gasteiger partial charge is 0.475 e. The fraction of sp³-hybridized carbons (Fsp3) is 0.714. The predicted octanol–water partition coefficient (Wildman–Crippen LogP) is 2.83. The highest BCUT2D eigenvalue weighted by Gasteiger charge is 2.21. The predicted molar refractivity (Wildman–Crippen MR) is 77.5 cm³/mol. The van der Waals surface area contributed by atoms with Crippen LogP contribution in [0.15, 0.2) is 6.08 Å². The summed E-state index contributed by atoms with van der Waals surface area (Å²) >= 11 is 1.12. The van der Waals surface area contributed by atoms with E-state index in [9.17, 15) is 0 Å². The van der Waals surface area contributed by atoms with Gasteiger partial charge < -0.3 is 9.64 Å². The van der Waals surface area contributed by atoms with Crippen molar-refractivity contribution in [3.8, 4) is 5.88 Å². The summed E-state index contributed by atoms with van der Waals surface area (Å²) in [6.07, 6.45) is 7.76. The van der Waals surface area contributed by atoms with Crippen LogP contribution >= 0.6 is 11.7 Å². The fourth-order valence-electron chi connectivity index (χ4n) is 2.33. The van der Waals surface area contributed by atoms with Crippen LogP contribution in [-0.4, -0.2) is 40.3 Å². The Labute approximate surface area is 123 Å². The molecular weight excluding hydrogens is 258 g/mol. The lowest BCUT2D eigenvalue weighted by atomic mass is 10.1. The van der Waals surface area contributed by atoms with Crippen LogP contribution in [0.25, 0.3) is 5.57 Å². The topological polar surface area (TPSA) is 38.2 Å². The third-order valence-electron chi connectivity index (χ3n) is 3.61. The smallest absolute Gasteiger partial charge is 0.253 e. The maximum atomic E-state index is 7.54. The summed E-state index contributed by atoms with van der Waals surface area (Å²) in [7, 11) is 0. The van der Waals surface area contributed by atoms with Gasteiger partial charge in [-0.1, -0.05) is 18.9 Å². The fourth-order valence-corrected chi connectivity index (χ4v) is 2.87. The molecule has 1 saturated carbocycles. The first-order valence-electron chi connectivity index (χ1n) is 8.44. The van der Waals surface area contributed by atoms with E-state index in [0.717, 1.165) is 29.6 Å². The number of hydrogen-bond donors (Lipinski definition) is 0. The van der Waals surface area contributed by atoms with E-state index in [0.29, 0.717) is 37.7 Å². The molecule has 1 aromatic rings. The van der Waals surface area contributed by atoms with E-state index in [1.54, 1.807) is 0 Å². The monoisotopic (exact) mass is 282 g/mol. The Morgan fingerprint density at radius 1 is 1.53 bits per heavy atom. The van der Waals surface area contributed by atoms with Crippen LogP contribution in [0.1, 0.15) is 41.9 Å². The van der Waals surface area contributed by atoms with Crippen LogP contribution in [-0.2, 0) is 0 Å². The SMILES string of the molecule is [2H]C([2H])([2H])N1CCC=C(c2nsnc2OCCCC2CC2)C1. The average molecular weight is 282 g/mol. The minimum absolute atomic E-state index is 0.375. The second-order valence-electron chi connectivity index (χ2n) is 5.29. The normalized spacial score (nSPS) is 23.4. The van der Waals surface area contributed by atoms with Gasteiger partial charge in [0.05, 0.1) is 18.3 Å². The van der Waals surface area contributed by atoms with Crippen LogP contribution in [0.4, 0.5) is 0 Å². The Bertz CT molecular complexity index is 540. The highest BCUT2D eigenvalue weighted by molar-refractivity contribution is 6.99. The highest BCUT2D eigenvalue weighted by Crippen LogP contribution is 2.33. The van der Waals surface area contributed by atoms with Gasteiger partial charge in [-0.25, -0.2) is 0 Å². The maximum Gasteiger partial charge on any atom is 0.253 e. The van der Waals surface area contributed by atoms with Crippen molar-refractivity contribution in [3.63, 3.8) is 0 Å². The van der Waals surface area contributed by atoms with Crippen molar-refractivity contribution in [2.75, 3.05) is 26.7 Å². The molecule has 5 heteroatoms. The van der Waals surface area contributed by atoms with Gasteiger partial charge in [-0.3, -0.25) is 0 Å². The van der Waals surface area contributed by atoms with E-state index in [1.807, 2.05) is 0 Å². The van der Waals surface area contributed by atoms with E-state index >= 15 is 0 Å². The molecule has 0 aromatic carbocycles. The van der Waals surface area contributed by atoms with Crippen molar-refractivity contribution in [2.24, 2.45) is 5.92 Å². The molecule has 0 saturated heterocycles. The summed E-state index contributed by atoms with van der Waals surface area (Å²) in [6, 6.07) is 0. The summed E-state index contributed by atoms with van der Waals surface area (Å²) in [4.78, 5) is 1.50. The molecule has 19 heavy (non-hydrogen) atoms. The summed E-state index contributed by atoms with van der Waals surface area (Å²) in [5, 5.41) is 0. The quantitative estimate of drug-likeness (QED) is 0.752. The Morgan fingerprint density at radius 3 is 3.32 bits per heavy atom. The van der Waals surface area contributed by atoms with Gasteiger partial charge in [0.25, 0.3) is 5.88 Å². The molecule has 0 unspecified atom stereocenters. The van der Waals surface area contributed by atoms with Gasteiger partial charge in [0.2, 0.25) is 0 Å². The van der Waals surface area contributed by atoms with Crippen molar-refractivity contribution < 1.29 is 8.85 Å². The third kappa shape index (κ3) is 3.54. The number of nitrogens with zero attached hydrogens (tertiary/aromatic N) is 3. The second-order valence-corrected chi connectivity index (χ2v) is 5.82. The van der Waals surface area contributed by atoms with Crippen molar-refractivity contribution >= 4 is 17.3 Å². The first-order chi connectivity index (χ1) is 10.5. The van der Waals surface area contributed by atoms with Gasteiger partial charge >= 0.3 is 0 Å². The lowest BCUT2D eigenvalue weighted by molar-refractivity contribution is 0.293. The summed E-state index contributed by atoms with van der Waals surface area (Å²) in [5.74, 6) is 1.46. The van der Waals surface area contributed by atoms with Crippen LogP contribution < -0.4 is 4.74 Å². The van der Waals surface area contributed by atoms with Gasteiger partial charge in [0.15, 0.2) is 0 Å². The van der Waals surface area contributed by atoms with Gasteiger partial charge in [0.1, 0.15) is 5.69 Å². The molecule has 2 aliphatic rings. The second kappa shape index (κ2) is 6.01. The van der Waals surface area contributed by atoms with Crippen LogP contribution in [0.3, 0.4) is 0 Å². The zero-order chi connectivity index (χ0) is 15.6. The van der Waals surface area contributed by atoms with Crippen LogP contribution in [0, 0.1) is 5.92 Å². The molecule has 1 aromatic heterocycles. The Hall–Kier alpha value is -0.940. The molecule has 0 radical (unpaired) electrons. The summed E-state index contributed by atoms with van der Waals surface area (Å²) in [6.45, 7) is -0.477. The Morgan fingerprint density at radius 2 is 2.47 bits per heavy atom. The lowest BCUT2D eigenvalue weighted by Gasteiger charge is -2.22. The minimum atomic E-state index is -2.06. The molecule has 0 amide bonds. The zero-order valence-electron chi connectivity index (χ0n) is 14.0. The summed E-state index contributed by atoms with van der Waals surface area (Å²) in [5.41, 5.74) is 1.62. The first-order valence-corrected chi connectivity index (χ1v) is 7.67. The van der Waals surface area contributed by atoms with Crippen molar-refractivity contribution in [1.82, 2.24) is 13.6 Å². The molecule has 1 fully saturated rings. The number of aromatic nitrogens is 2. The summed E-state index contributed by atoms with van der Waals surface area (Å²) < 4.78 is 36.9. The van der Waals surface area contributed by atoms with E-state index in [1.165, 1.54) is 24.2 Å². The van der Waals surface area contributed by atoms with Gasteiger partial charge in [-0.2, -0.15) is 4.37 Å². The van der Waals surface area contributed by atoms with E-state index < -0.39 is 6.98 Å². The van der Waals surface area contributed by atoms with E-state index in [4.69, 9.17) is 8.85 Å². The van der Waals surface area contributed by atoms with Crippen molar-refractivity contribution in [3.05, 3.63) is 11.8 Å². The zero-order valence-corrected chi connectivity index (χ0v) is 11.8. The van der Waals surface area contributed by atoms with Gasteiger partial charge in [-0.05, 0) is 37.7 Å². The number of rotatable bonds is 6. The van der Waals surface area contributed by atoms with E-state index in [2.05, 4.69) is 14.8 Å². The van der Waals surface area contributed by atoms with Crippen molar-refractivity contribution in [1.29, 1.82) is 0 Å². The Balaban J connectivity index is 1.59. The number of likely N-dealkylation sites (N-methyl/N-ethyl adjacent to an activating group) is 1. The molecule has 104 valence electrons. The molecule has 4 nitrogen and oxygen atoms in total. The number of ether oxygens (including phenoxy) is 1. The Kier molecular flexibility index (Phi) is 3.13. The van der Waals surface area contributed by atoms with Crippen LogP contribution in [0.5, 0.6) is 5.88 Å². The molecule has 2 heterocycles. The number of hydrogen-bond acceptors (Lipinski definition) is 5. The molecule has 1 aliphatic carbocycles. The standard InChI is InChI=1S/C14H21N3OS/c1-17-8-2-5-12(10-17)13-14(16-19-15-13)18-9-3-4-11-6-7-11/h5,11H,2-4,6-10H2,1H3/i1D3. The lowest BCUT2D eigenvalue weighted by Crippen LogP contribution is -2.25. The molecule has 0 N–H and O–H groups in total. The molecule has 0 spiro atoms. The molecular formula is C14H21N3OS. The third-order valence-corrected chi connectivity index (χ3v) is 4.12.